The van der Waals surface area contributed by atoms with Gasteiger partial charge < -0.3 is 15.2 Å². The number of rotatable bonds is 5. The highest BCUT2D eigenvalue weighted by atomic mass is 16.5. The summed E-state index contributed by atoms with van der Waals surface area (Å²) < 4.78 is 12.0. The van der Waals surface area contributed by atoms with E-state index in [1.807, 2.05) is 0 Å². The lowest BCUT2D eigenvalue weighted by atomic mass is 9.75. The Kier molecular flexibility index (Phi) is 5.13. The predicted octanol–water partition coefficient (Wildman–Crippen LogP) is 5.08. The van der Waals surface area contributed by atoms with Crippen LogP contribution in [0.1, 0.15) is 54.9 Å². The van der Waals surface area contributed by atoms with Gasteiger partial charge in [0.2, 0.25) is 0 Å². The van der Waals surface area contributed by atoms with Gasteiger partial charge in [0.15, 0.2) is 0 Å². The maximum atomic E-state index is 6.81. The molecule has 5 atom stereocenters. The second kappa shape index (κ2) is 7.77. The molecule has 29 heavy (non-hydrogen) atoms. The highest BCUT2D eigenvalue weighted by Crippen LogP contribution is 2.73. The van der Waals surface area contributed by atoms with Crippen LogP contribution in [0.25, 0.3) is 0 Å². The molecule has 0 bridgehead atoms. The molecule has 2 unspecified atom stereocenters. The summed E-state index contributed by atoms with van der Waals surface area (Å²) in [5.74, 6) is 2.48. The minimum Gasteiger partial charge on any atom is -0.485 e. The molecule has 0 aliphatic heterocycles. The first kappa shape index (κ1) is 19.1. The average molecular weight is 392 g/mol. The van der Waals surface area contributed by atoms with Crippen LogP contribution >= 0.6 is 0 Å². The summed E-state index contributed by atoms with van der Waals surface area (Å²) in [7, 11) is 1.75. The Bertz CT molecular complexity index is 848. The smallest absolute Gasteiger partial charge is 0.130 e. The molecular formula is C26H33NO2. The van der Waals surface area contributed by atoms with Gasteiger partial charge in [-0.15, -0.1) is 0 Å². The van der Waals surface area contributed by atoms with Crippen LogP contribution in [0.3, 0.4) is 0 Å². The molecule has 0 radical (unpaired) electrons. The van der Waals surface area contributed by atoms with E-state index in [1.54, 1.807) is 7.11 Å². The quantitative estimate of drug-likeness (QED) is 0.773. The third-order valence-corrected chi connectivity index (χ3v) is 7.83. The van der Waals surface area contributed by atoms with Crippen molar-refractivity contribution in [2.24, 2.45) is 23.0 Å². The number of methoxy groups -OCH3 is 1. The maximum absolute atomic E-state index is 6.81. The third kappa shape index (κ3) is 3.39. The number of nitrogens with two attached hydrogens (primary N) is 1. The topological polar surface area (TPSA) is 44.5 Å². The molecule has 3 aliphatic rings. The number of hydrogen-bond acceptors (Lipinski definition) is 3. The standard InChI is InChI=1S/C26H33NO2/c1-28-16-14-18-9-11-21(12-10-18)29-25-22-7-3-2-5-19(22)13-15-26(25)23-8-4-6-20(27)17-24(23)26/h2-3,5,7,9-12,20,23-25H,4,6,8,13-17,27H2,1H3/t20-,23?,24+,25-,26?/m0/s1. The summed E-state index contributed by atoms with van der Waals surface area (Å²) in [4.78, 5) is 0. The molecule has 0 aromatic heterocycles. The minimum atomic E-state index is 0.151. The van der Waals surface area contributed by atoms with E-state index in [4.69, 9.17) is 15.2 Å². The van der Waals surface area contributed by atoms with Gasteiger partial charge in [0.05, 0.1) is 6.61 Å². The van der Waals surface area contributed by atoms with Gasteiger partial charge in [-0.1, -0.05) is 42.8 Å². The Morgan fingerprint density at radius 3 is 2.69 bits per heavy atom. The van der Waals surface area contributed by atoms with Gasteiger partial charge in [0.25, 0.3) is 0 Å². The van der Waals surface area contributed by atoms with E-state index < -0.39 is 0 Å². The second-order valence-electron chi connectivity index (χ2n) is 9.34. The molecule has 0 amide bonds. The first-order valence-electron chi connectivity index (χ1n) is 11.3. The molecule has 0 heterocycles. The Morgan fingerprint density at radius 2 is 1.86 bits per heavy atom. The van der Waals surface area contributed by atoms with Crippen molar-refractivity contribution >= 4 is 0 Å². The van der Waals surface area contributed by atoms with Crippen molar-refractivity contribution in [3.8, 4) is 5.75 Å². The molecule has 154 valence electrons. The highest BCUT2D eigenvalue weighted by molar-refractivity contribution is 5.39. The maximum Gasteiger partial charge on any atom is 0.130 e. The number of fused-ring (bicyclic) bond motifs is 4. The van der Waals surface area contributed by atoms with Crippen LogP contribution in [0, 0.1) is 17.3 Å². The number of aryl methyl sites for hydroxylation is 1. The van der Waals surface area contributed by atoms with Crippen LogP contribution in [0.15, 0.2) is 48.5 Å². The fourth-order valence-corrected chi connectivity index (χ4v) is 6.34. The molecule has 3 nitrogen and oxygen atoms in total. The summed E-state index contributed by atoms with van der Waals surface area (Å²) in [6.45, 7) is 0.753. The molecule has 0 saturated heterocycles. The summed E-state index contributed by atoms with van der Waals surface area (Å²) in [5.41, 5.74) is 10.9. The molecule has 2 aromatic carbocycles. The molecule has 2 fully saturated rings. The number of hydrogen-bond donors (Lipinski definition) is 1. The largest absolute Gasteiger partial charge is 0.485 e. The van der Waals surface area contributed by atoms with Crippen molar-refractivity contribution in [3.63, 3.8) is 0 Å². The predicted molar refractivity (Wildman–Crippen MR) is 116 cm³/mol. The van der Waals surface area contributed by atoms with E-state index >= 15 is 0 Å². The lowest BCUT2D eigenvalue weighted by molar-refractivity contribution is 0.0777. The van der Waals surface area contributed by atoms with Crippen LogP contribution in [0.5, 0.6) is 5.75 Å². The van der Waals surface area contributed by atoms with Crippen LogP contribution in [-0.2, 0) is 17.6 Å². The first-order valence-corrected chi connectivity index (χ1v) is 11.3. The zero-order valence-electron chi connectivity index (χ0n) is 17.5. The van der Waals surface area contributed by atoms with Crippen LogP contribution in [0.4, 0.5) is 0 Å². The summed E-state index contributed by atoms with van der Waals surface area (Å²) >= 11 is 0. The van der Waals surface area contributed by atoms with E-state index in [0.717, 1.165) is 30.6 Å². The van der Waals surface area contributed by atoms with Gasteiger partial charge in [-0.2, -0.15) is 0 Å². The third-order valence-electron chi connectivity index (χ3n) is 7.83. The second-order valence-corrected chi connectivity index (χ2v) is 9.34. The zero-order chi connectivity index (χ0) is 19.8. The van der Waals surface area contributed by atoms with E-state index in [1.165, 1.54) is 55.2 Å². The SMILES string of the molecule is COCCc1ccc(O[C@H]2c3ccccc3CCC23C2CCC[C@H](N)C[C@H]23)cc1. The number of benzene rings is 2. The van der Waals surface area contributed by atoms with Crippen molar-refractivity contribution in [1.82, 2.24) is 0 Å². The van der Waals surface area contributed by atoms with Crippen molar-refractivity contribution in [2.75, 3.05) is 13.7 Å². The van der Waals surface area contributed by atoms with Gasteiger partial charge in [-0.05, 0) is 79.2 Å². The highest BCUT2D eigenvalue weighted by Gasteiger charge is 2.69. The van der Waals surface area contributed by atoms with Crippen molar-refractivity contribution < 1.29 is 9.47 Å². The lowest BCUT2D eigenvalue weighted by Crippen LogP contribution is -2.31. The van der Waals surface area contributed by atoms with Crippen molar-refractivity contribution in [3.05, 3.63) is 65.2 Å². The molecular weight excluding hydrogens is 358 g/mol. The Balaban J connectivity index is 1.44. The van der Waals surface area contributed by atoms with Crippen molar-refractivity contribution in [1.29, 1.82) is 0 Å². The monoisotopic (exact) mass is 391 g/mol. The van der Waals surface area contributed by atoms with E-state index in [2.05, 4.69) is 48.5 Å². The Hall–Kier alpha value is -1.84. The Morgan fingerprint density at radius 1 is 1.03 bits per heavy atom. The molecule has 3 heteroatoms. The van der Waals surface area contributed by atoms with E-state index in [-0.39, 0.29) is 11.5 Å². The van der Waals surface area contributed by atoms with Crippen LogP contribution in [-0.4, -0.2) is 19.8 Å². The van der Waals surface area contributed by atoms with Gasteiger partial charge in [-0.25, -0.2) is 0 Å². The van der Waals surface area contributed by atoms with Gasteiger partial charge in [-0.3, -0.25) is 0 Å². The molecule has 5 rings (SSSR count). The molecule has 2 saturated carbocycles. The van der Waals surface area contributed by atoms with Crippen molar-refractivity contribution in [2.45, 2.75) is 57.1 Å². The fourth-order valence-electron chi connectivity index (χ4n) is 6.34. The van der Waals surface area contributed by atoms with Gasteiger partial charge in [0, 0.05) is 18.6 Å². The molecule has 2 aromatic rings. The van der Waals surface area contributed by atoms with Crippen LogP contribution < -0.4 is 10.5 Å². The zero-order valence-corrected chi connectivity index (χ0v) is 17.5. The summed E-state index contributed by atoms with van der Waals surface area (Å²) in [5, 5.41) is 0. The van der Waals surface area contributed by atoms with E-state index in [0.29, 0.717) is 6.04 Å². The summed E-state index contributed by atoms with van der Waals surface area (Å²) in [6.07, 6.45) is 8.45. The summed E-state index contributed by atoms with van der Waals surface area (Å²) in [6, 6.07) is 17.9. The molecule has 3 aliphatic carbocycles. The molecule has 2 N–H and O–H groups in total. The fraction of sp³-hybridized carbons (Fsp3) is 0.538. The Labute approximate surface area is 174 Å². The normalized spacial score (nSPS) is 32.9. The first-order chi connectivity index (χ1) is 14.2. The number of ether oxygens (including phenoxy) is 2. The molecule has 1 spiro atoms. The average Bonchev–Trinajstić information content (AvgIpc) is 3.39. The van der Waals surface area contributed by atoms with Gasteiger partial charge >= 0.3 is 0 Å². The van der Waals surface area contributed by atoms with Gasteiger partial charge in [0.1, 0.15) is 11.9 Å². The lowest BCUT2D eigenvalue weighted by Gasteiger charge is -2.37. The minimum absolute atomic E-state index is 0.151. The van der Waals surface area contributed by atoms with Crippen LogP contribution in [0.2, 0.25) is 0 Å². The van der Waals surface area contributed by atoms with E-state index in [9.17, 15) is 0 Å².